The zero-order valence-corrected chi connectivity index (χ0v) is 12.3. The van der Waals surface area contributed by atoms with Gasteiger partial charge in [-0.05, 0) is 38.0 Å². The van der Waals surface area contributed by atoms with Gasteiger partial charge in [0.1, 0.15) is 0 Å². The van der Waals surface area contributed by atoms with Gasteiger partial charge >= 0.3 is 12.0 Å². The number of nitrogens with one attached hydrogen (secondary N) is 1. The number of carbonyl (C=O) groups excluding carboxylic acids is 1. The van der Waals surface area contributed by atoms with Gasteiger partial charge in [-0.15, -0.1) is 0 Å². The van der Waals surface area contributed by atoms with Gasteiger partial charge in [-0.2, -0.15) is 0 Å². The van der Waals surface area contributed by atoms with Crippen LogP contribution < -0.4 is 5.32 Å². The van der Waals surface area contributed by atoms with Crippen LogP contribution in [0.2, 0.25) is 0 Å². The lowest BCUT2D eigenvalue weighted by atomic mass is 9.98. The largest absolute Gasteiger partial charge is 0.481 e. The van der Waals surface area contributed by atoms with Crippen molar-refractivity contribution in [2.75, 3.05) is 13.1 Å². The Hall–Kier alpha value is -1.26. The molecule has 0 aromatic heterocycles. The molecule has 20 heavy (non-hydrogen) atoms. The van der Waals surface area contributed by atoms with E-state index in [2.05, 4.69) is 12.2 Å². The lowest BCUT2D eigenvalue weighted by Crippen LogP contribution is -2.49. The third kappa shape index (κ3) is 4.12. The molecule has 2 aliphatic rings. The maximum Gasteiger partial charge on any atom is 0.317 e. The number of hydrogen-bond acceptors (Lipinski definition) is 2. The van der Waals surface area contributed by atoms with Gasteiger partial charge in [0.2, 0.25) is 0 Å². The Morgan fingerprint density at radius 1 is 1.10 bits per heavy atom. The second-order valence-corrected chi connectivity index (χ2v) is 6.38. The number of rotatable bonds is 2. The fourth-order valence-electron chi connectivity index (χ4n) is 3.26. The van der Waals surface area contributed by atoms with Gasteiger partial charge < -0.3 is 15.3 Å². The number of nitrogens with zero attached hydrogens (tertiary/aromatic N) is 1. The summed E-state index contributed by atoms with van der Waals surface area (Å²) in [6.45, 7) is 3.30. The van der Waals surface area contributed by atoms with E-state index in [0.29, 0.717) is 19.5 Å². The molecule has 3 atom stereocenters. The molecule has 1 heterocycles. The number of carbonyl (C=O) groups is 2. The van der Waals surface area contributed by atoms with Crippen molar-refractivity contribution in [3.63, 3.8) is 0 Å². The number of piperidine rings is 1. The summed E-state index contributed by atoms with van der Waals surface area (Å²) < 4.78 is 0. The summed E-state index contributed by atoms with van der Waals surface area (Å²) in [7, 11) is 0. The molecule has 1 saturated heterocycles. The molecule has 0 bridgehead atoms. The highest BCUT2D eigenvalue weighted by atomic mass is 16.4. The lowest BCUT2D eigenvalue weighted by molar-refractivity contribution is -0.143. The van der Waals surface area contributed by atoms with Gasteiger partial charge in [-0.1, -0.05) is 19.8 Å². The quantitative estimate of drug-likeness (QED) is 0.764. The topological polar surface area (TPSA) is 69.6 Å². The van der Waals surface area contributed by atoms with Gasteiger partial charge in [0, 0.05) is 19.1 Å². The molecule has 1 aliphatic heterocycles. The van der Waals surface area contributed by atoms with E-state index in [9.17, 15) is 9.59 Å². The van der Waals surface area contributed by atoms with E-state index in [1.807, 2.05) is 0 Å². The fraction of sp³-hybridized carbons (Fsp3) is 0.867. The van der Waals surface area contributed by atoms with Crippen LogP contribution in [-0.2, 0) is 4.79 Å². The SMILES string of the molecule is CC1CCCC(NC(=O)N2CCC[C@@H](C(=O)O)C2)CC1. The van der Waals surface area contributed by atoms with Crippen molar-refractivity contribution < 1.29 is 14.7 Å². The molecule has 0 radical (unpaired) electrons. The average molecular weight is 282 g/mol. The lowest BCUT2D eigenvalue weighted by Gasteiger charge is -2.32. The fourth-order valence-corrected chi connectivity index (χ4v) is 3.26. The number of amides is 2. The van der Waals surface area contributed by atoms with Crippen molar-refractivity contribution in [3.05, 3.63) is 0 Å². The summed E-state index contributed by atoms with van der Waals surface area (Å²) in [5, 5.41) is 12.2. The average Bonchev–Trinajstić information content (AvgIpc) is 2.64. The maximum atomic E-state index is 12.3. The number of carboxylic acids is 1. The molecule has 2 fully saturated rings. The van der Waals surface area contributed by atoms with Gasteiger partial charge in [0.05, 0.1) is 5.92 Å². The molecular formula is C15H26N2O3. The highest BCUT2D eigenvalue weighted by Crippen LogP contribution is 2.23. The predicted molar refractivity (Wildman–Crippen MR) is 76.5 cm³/mol. The maximum absolute atomic E-state index is 12.3. The molecule has 0 aromatic carbocycles. The molecule has 114 valence electrons. The first-order chi connectivity index (χ1) is 9.56. The summed E-state index contributed by atoms with van der Waals surface area (Å²) in [6.07, 6.45) is 7.14. The van der Waals surface area contributed by atoms with Crippen LogP contribution in [0.25, 0.3) is 0 Å². The number of carboxylic acid groups (broad SMARTS) is 1. The number of hydrogen-bond donors (Lipinski definition) is 2. The Balaban J connectivity index is 1.83. The van der Waals surface area contributed by atoms with Gasteiger partial charge in [0.15, 0.2) is 0 Å². The second kappa shape index (κ2) is 6.95. The van der Waals surface area contributed by atoms with Crippen molar-refractivity contribution in [2.24, 2.45) is 11.8 Å². The van der Waals surface area contributed by atoms with Crippen LogP contribution in [0.4, 0.5) is 4.79 Å². The van der Waals surface area contributed by atoms with Crippen LogP contribution in [0.15, 0.2) is 0 Å². The van der Waals surface area contributed by atoms with E-state index in [1.165, 1.54) is 19.3 Å². The van der Waals surface area contributed by atoms with Crippen molar-refractivity contribution in [3.8, 4) is 0 Å². The third-order valence-electron chi connectivity index (χ3n) is 4.64. The van der Waals surface area contributed by atoms with E-state index >= 15 is 0 Å². The first-order valence-electron chi connectivity index (χ1n) is 7.84. The van der Waals surface area contributed by atoms with Crippen molar-refractivity contribution in [1.29, 1.82) is 0 Å². The van der Waals surface area contributed by atoms with Gasteiger partial charge in [-0.3, -0.25) is 4.79 Å². The predicted octanol–water partition coefficient (Wildman–Crippen LogP) is 2.46. The highest BCUT2D eigenvalue weighted by molar-refractivity contribution is 5.76. The first kappa shape index (κ1) is 15.1. The molecule has 1 saturated carbocycles. The van der Waals surface area contributed by atoms with Crippen molar-refractivity contribution >= 4 is 12.0 Å². The molecular weight excluding hydrogens is 256 g/mol. The molecule has 0 spiro atoms. The summed E-state index contributed by atoms with van der Waals surface area (Å²) >= 11 is 0. The molecule has 5 heteroatoms. The van der Waals surface area contributed by atoms with Crippen LogP contribution in [0, 0.1) is 11.8 Å². The normalized spacial score (nSPS) is 31.4. The zero-order valence-electron chi connectivity index (χ0n) is 12.3. The minimum Gasteiger partial charge on any atom is -0.481 e. The van der Waals surface area contributed by atoms with Crippen LogP contribution >= 0.6 is 0 Å². The number of urea groups is 1. The van der Waals surface area contributed by atoms with Gasteiger partial charge in [0.25, 0.3) is 0 Å². The van der Waals surface area contributed by atoms with Crippen molar-refractivity contribution in [1.82, 2.24) is 10.2 Å². The molecule has 2 rings (SSSR count). The van der Waals surface area contributed by atoms with Gasteiger partial charge in [-0.25, -0.2) is 4.79 Å². The summed E-state index contributed by atoms with van der Waals surface area (Å²) in [4.78, 5) is 25.0. The van der Waals surface area contributed by atoms with Crippen LogP contribution in [-0.4, -0.2) is 41.1 Å². The van der Waals surface area contributed by atoms with E-state index in [0.717, 1.165) is 25.2 Å². The van der Waals surface area contributed by atoms with E-state index in [-0.39, 0.29) is 12.1 Å². The smallest absolute Gasteiger partial charge is 0.317 e. The Labute approximate surface area is 120 Å². The van der Waals surface area contributed by atoms with Crippen LogP contribution in [0.1, 0.15) is 51.9 Å². The molecule has 5 nitrogen and oxygen atoms in total. The minimum absolute atomic E-state index is 0.0736. The number of likely N-dealkylation sites (tertiary alicyclic amines) is 1. The Kier molecular flexibility index (Phi) is 5.26. The summed E-state index contributed by atoms with van der Waals surface area (Å²) in [5.41, 5.74) is 0. The molecule has 0 aromatic rings. The van der Waals surface area contributed by atoms with E-state index in [1.54, 1.807) is 4.90 Å². The molecule has 1 aliphatic carbocycles. The Morgan fingerprint density at radius 3 is 2.65 bits per heavy atom. The molecule has 2 unspecified atom stereocenters. The molecule has 2 amide bonds. The standard InChI is InChI=1S/C15H26N2O3/c1-11-4-2-6-13(8-7-11)16-15(20)17-9-3-5-12(10-17)14(18)19/h11-13H,2-10H2,1H3,(H,16,20)(H,18,19)/t11?,12-,13?/m1/s1. The first-order valence-corrected chi connectivity index (χ1v) is 7.84. The zero-order chi connectivity index (χ0) is 14.5. The third-order valence-corrected chi connectivity index (χ3v) is 4.64. The van der Waals surface area contributed by atoms with Crippen molar-refractivity contribution in [2.45, 2.75) is 57.9 Å². The number of aliphatic carboxylic acids is 1. The minimum atomic E-state index is -0.786. The van der Waals surface area contributed by atoms with Crippen LogP contribution in [0.3, 0.4) is 0 Å². The highest BCUT2D eigenvalue weighted by Gasteiger charge is 2.29. The Bertz CT molecular complexity index is 359. The van der Waals surface area contributed by atoms with Crippen LogP contribution in [0.5, 0.6) is 0 Å². The summed E-state index contributed by atoms with van der Waals surface area (Å²) in [5.74, 6) is -0.433. The summed E-state index contributed by atoms with van der Waals surface area (Å²) in [6, 6.07) is 0.188. The molecule has 2 N–H and O–H groups in total. The monoisotopic (exact) mass is 282 g/mol. The van der Waals surface area contributed by atoms with E-state index in [4.69, 9.17) is 5.11 Å². The Morgan fingerprint density at radius 2 is 1.90 bits per heavy atom. The van der Waals surface area contributed by atoms with E-state index < -0.39 is 11.9 Å². The second-order valence-electron chi connectivity index (χ2n) is 6.38.